The normalized spacial score (nSPS) is 13.4. The Bertz CT molecular complexity index is 1010. The zero-order valence-corrected chi connectivity index (χ0v) is 14.4. The summed E-state index contributed by atoms with van der Waals surface area (Å²) in [7, 11) is 0. The number of carbonyl (C=O) groups is 1. The van der Waals surface area contributed by atoms with Crippen LogP contribution in [0.15, 0.2) is 72.9 Å². The van der Waals surface area contributed by atoms with E-state index in [9.17, 15) is 14.9 Å². The van der Waals surface area contributed by atoms with Gasteiger partial charge in [0.05, 0.1) is 17.2 Å². The van der Waals surface area contributed by atoms with Crippen LogP contribution in [-0.4, -0.2) is 20.8 Å². The van der Waals surface area contributed by atoms with E-state index in [2.05, 4.69) is 4.98 Å². The Labute approximate surface area is 155 Å². The first-order chi connectivity index (χ1) is 13.1. The van der Waals surface area contributed by atoms with Gasteiger partial charge < -0.3 is 4.90 Å². The summed E-state index contributed by atoms with van der Waals surface area (Å²) >= 11 is 0. The van der Waals surface area contributed by atoms with Crippen LogP contribution in [0, 0.1) is 10.1 Å². The number of rotatable bonds is 4. The van der Waals surface area contributed by atoms with Crippen LogP contribution in [0.2, 0.25) is 0 Å². The molecule has 1 aromatic heterocycles. The minimum Gasteiger partial charge on any atom is -0.315 e. The number of anilines is 2. The smallest absolute Gasteiger partial charge is 0.315 e. The first-order valence-corrected chi connectivity index (χ1v) is 8.45. The zero-order chi connectivity index (χ0) is 18.8. The number of amides is 2. The third kappa shape index (κ3) is 3.22. The number of nitro groups is 1. The van der Waals surface area contributed by atoms with Gasteiger partial charge in [0.2, 0.25) is 0 Å². The van der Waals surface area contributed by atoms with E-state index < -0.39 is 4.92 Å². The number of fused-ring (bicyclic) bond motifs is 1. The lowest BCUT2D eigenvalue weighted by molar-refractivity contribution is -0.384. The van der Waals surface area contributed by atoms with Crippen molar-refractivity contribution in [2.45, 2.75) is 13.1 Å². The number of aromatic nitrogens is 1. The van der Waals surface area contributed by atoms with Crippen molar-refractivity contribution in [2.75, 3.05) is 4.90 Å². The zero-order valence-electron chi connectivity index (χ0n) is 14.4. The molecule has 1 aliphatic heterocycles. The lowest BCUT2D eigenvalue weighted by Gasteiger charge is -2.36. The third-order valence-corrected chi connectivity index (χ3v) is 4.42. The fraction of sp³-hybridized carbons (Fsp3) is 0.100. The molecule has 27 heavy (non-hydrogen) atoms. The average Bonchev–Trinajstić information content (AvgIpc) is 2.69. The van der Waals surface area contributed by atoms with E-state index in [-0.39, 0.29) is 11.7 Å². The molecule has 3 aromatic rings. The summed E-state index contributed by atoms with van der Waals surface area (Å²) in [6, 6.07) is 19.2. The molecule has 0 aliphatic carbocycles. The van der Waals surface area contributed by atoms with Crippen LogP contribution in [0.1, 0.15) is 11.1 Å². The van der Waals surface area contributed by atoms with Gasteiger partial charge in [-0.15, -0.1) is 0 Å². The largest absolute Gasteiger partial charge is 0.330 e. The van der Waals surface area contributed by atoms with Crippen LogP contribution in [0.4, 0.5) is 22.0 Å². The fourth-order valence-corrected chi connectivity index (χ4v) is 3.17. The number of urea groups is 1. The van der Waals surface area contributed by atoms with Crippen LogP contribution in [0.3, 0.4) is 0 Å². The Morgan fingerprint density at radius 1 is 1.04 bits per heavy atom. The molecule has 0 fully saturated rings. The van der Waals surface area contributed by atoms with E-state index in [0.717, 1.165) is 11.1 Å². The molecule has 2 aromatic carbocycles. The molecule has 0 spiro atoms. The van der Waals surface area contributed by atoms with E-state index in [1.165, 1.54) is 17.0 Å². The summed E-state index contributed by atoms with van der Waals surface area (Å²) in [5.74, 6) is 0.507. The molecular weight excluding hydrogens is 344 g/mol. The van der Waals surface area contributed by atoms with Crippen LogP contribution in [-0.2, 0) is 13.1 Å². The molecule has 0 saturated heterocycles. The maximum Gasteiger partial charge on any atom is 0.330 e. The van der Waals surface area contributed by atoms with Crippen molar-refractivity contribution in [1.82, 2.24) is 9.88 Å². The molecule has 0 bridgehead atoms. The van der Waals surface area contributed by atoms with Crippen molar-refractivity contribution in [1.29, 1.82) is 0 Å². The molecule has 0 radical (unpaired) electrons. The van der Waals surface area contributed by atoms with Crippen LogP contribution in [0.25, 0.3) is 0 Å². The second-order valence-corrected chi connectivity index (χ2v) is 6.22. The average molecular weight is 360 g/mol. The van der Waals surface area contributed by atoms with Crippen LogP contribution in [0.5, 0.6) is 0 Å². The predicted molar refractivity (Wildman–Crippen MR) is 101 cm³/mol. The first kappa shape index (κ1) is 16.7. The van der Waals surface area contributed by atoms with Gasteiger partial charge in [0.15, 0.2) is 0 Å². The second kappa shape index (κ2) is 6.87. The number of benzene rings is 2. The molecule has 2 heterocycles. The molecule has 1 aliphatic rings. The van der Waals surface area contributed by atoms with E-state index in [1.54, 1.807) is 23.2 Å². The highest BCUT2D eigenvalue weighted by molar-refractivity contribution is 6.01. The molecule has 7 heteroatoms. The van der Waals surface area contributed by atoms with Gasteiger partial charge in [0.25, 0.3) is 5.69 Å². The van der Waals surface area contributed by atoms with E-state index >= 15 is 0 Å². The molecule has 4 rings (SSSR count). The Kier molecular flexibility index (Phi) is 4.25. The summed E-state index contributed by atoms with van der Waals surface area (Å²) < 4.78 is 0. The van der Waals surface area contributed by atoms with E-state index in [4.69, 9.17) is 0 Å². The van der Waals surface area contributed by atoms with E-state index in [1.807, 2.05) is 42.5 Å². The van der Waals surface area contributed by atoms with Crippen molar-refractivity contribution >= 4 is 23.2 Å². The Morgan fingerprint density at radius 2 is 1.85 bits per heavy atom. The van der Waals surface area contributed by atoms with Crippen molar-refractivity contribution in [3.05, 3.63) is 94.2 Å². The number of hydrogen-bond donors (Lipinski definition) is 0. The Morgan fingerprint density at radius 3 is 2.63 bits per heavy atom. The molecule has 0 unspecified atom stereocenters. The van der Waals surface area contributed by atoms with E-state index in [0.29, 0.717) is 24.6 Å². The molecule has 0 N–H and O–H groups in total. The molecule has 0 atom stereocenters. The van der Waals surface area contributed by atoms with Crippen molar-refractivity contribution in [3.63, 3.8) is 0 Å². The number of carbonyl (C=O) groups excluding carboxylic acids is 1. The van der Waals surface area contributed by atoms with Gasteiger partial charge in [-0.05, 0) is 17.7 Å². The number of nitro benzene ring substituents is 1. The van der Waals surface area contributed by atoms with Gasteiger partial charge in [0, 0.05) is 30.4 Å². The van der Waals surface area contributed by atoms with Crippen molar-refractivity contribution in [2.24, 2.45) is 0 Å². The molecular formula is C20H16N4O3. The summed E-state index contributed by atoms with van der Waals surface area (Å²) in [6.45, 7) is 0.877. The van der Waals surface area contributed by atoms with Crippen molar-refractivity contribution in [3.8, 4) is 0 Å². The highest BCUT2D eigenvalue weighted by atomic mass is 16.6. The maximum absolute atomic E-state index is 13.2. The Hall–Kier alpha value is -3.74. The highest BCUT2D eigenvalue weighted by Gasteiger charge is 2.33. The summed E-state index contributed by atoms with van der Waals surface area (Å²) in [4.78, 5) is 31.4. The quantitative estimate of drug-likeness (QED) is 0.514. The maximum atomic E-state index is 13.2. The topological polar surface area (TPSA) is 79.6 Å². The lowest BCUT2D eigenvalue weighted by Crippen LogP contribution is -2.44. The van der Waals surface area contributed by atoms with Crippen LogP contribution >= 0.6 is 0 Å². The molecule has 7 nitrogen and oxygen atoms in total. The number of nitrogens with zero attached hydrogens (tertiary/aromatic N) is 4. The monoisotopic (exact) mass is 360 g/mol. The van der Waals surface area contributed by atoms with Gasteiger partial charge in [0.1, 0.15) is 5.82 Å². The van der Waals surface area contributed by atoms with Gasteiger partial charge in [-0.3, -0.25) is 10.1 Å². The first-order valence-electron chi connectivity index (χ1n) is 8.45. The SMILES string of the molecule is O=C1N(Cc2ccccc2)Cc2cccnc2N1c1cccc([N+](=O)[O-])c1. The summed E-state index contributed by atoms with van der Waals surface area (Å²) in [5.41, 5.74) is 2.25. The predicted octanol–water partition coefficient (Wildman–Crippen LogP) is 4.26. The van der Waals surface area contributed by atoms with Gasteiger partial charge in [-0.25, -0.2) is 14.7 Å². The standard InChI is InChI=1S/C20H16N4O3/c25-20-22(13-15-6-2-1-3-7-15)14-16-8-5-11-21-19(16)23(20)17-9-4-10-18(12-17)24(26)27/h1-12H,13-14H2. The number of pyridine rings is 1. The lowest BCUT2D eigenvalue weighted by atomic mass is 10.1. The van der Waals surface area contributed by atoms with Gasteiger partial charge >= 0.3 is 6.03 Å². The highest BCUT2D eigenvalue weighted by Crippen LogP contribution is 2.35. The summed E-state index contributed by atoms with van der Waals surface area (Å²) in [5, 5.41) is 11.1. The minimum atomic E-state index is -0.473. The van der Waals surface area contributed by atoms with Crippen LogP contribution < -0.4 is 4.90 Å². The molecule has 0 saturated carbocycles. The fourth-order valence-electron chi connectivity index (χ4n) is 3.17. The Balaban J connectivity index is 1.76. The van der Waals surface area contributed by atoms with Gasteiger partial charge in [-0.2, -0.15) is 0 Å². The molecule has 134 valence electrons. The summed E-state index contributed by atoms with van der Waals surface area (Å²) in [6.07, 6.45) is 1.61. The number of hydrogen-bond acceptors (Lipinski definition) is 4. The number of non-ortho nitro benzene ring substituents is 1. The molecule has 2 amide bonds. The van der Waals surface area contributed by atoms with Crippen molar-refractivity contribution < 1.29 is 9.72 Å². The van der Waals surface area contributed by atoms with Gasteiger partial charge in [-0.1, -0.05) is 42.5 Å². The second-order valence-electron chi connectivity index (χ2n) is 6.22. The minimum absolute atomic E-state index is 0.0713. The third-order valence-electron chi connectivity index (χ3n) is 4.42.